The molecule has 0 amide bonds. The molecule has 160 valence electrons. The Kier molecular flexibility index (Phi) is 5.85. The number of hydrogen-bond acceptors (Lipinski definition) is 8. The normalized spacial score (nSPS) is 10.8. The van der Waals surface area contributed by atoms with Crippen molar-refractivity contribution >= 4 is 28.5 Å². The van der Waals surface area contributed by atoms with Crippen LogP contribution in [0.2, 0.25) is 0 Å². The molecule has 0 aliphatic carbocycles. The van der Waals surface area contributed by atoms with Gasteiger partial charge in [0.05, 0.1) is 43.8 Å². The van der Waals surface area contributed by atoms with Crippen LogP contribution in [0.25, 0.3) is 16.7 Å². The van der Waals surface area contributed by atoms with Crippen molar-refractivity contribution in [1.29, 1.82) is 0 Å². The Bertz CT molecular complexity index is 1180. The summed E-state index contributed by atoms with van der Waals surface area (Å²) in [5, 5.41) is 18.0. The van der Waals surface area contributed by atoms with E-state index in [2.05, 4.69) is 10.4 Å². The van der Waals surface area contributed by atoms with Crippen molar-refractivity contribution in [3.63, 3.8) is 0 Å². The monoisotopic (exact) mass is 420 g/mol. The fourth-order valence-corrected chi connectivity index (χ4v) is 3.21. The predicted octanol–water partition coefficient (Wildman–Crippen LogP) is 3.00. The van der Waals surface area contributed by atoms with Gasteiger partial charge in [0.15, 0.2) is 5.65 Å². The molecule has 0 fully saturated rings. The lowest BCUT2D eigenvalue weighted by Crippen LogP contribution is -2.23. The molecule has 2 heterocycles. The molecule has 9 nitrogen and oxygen atoms in total. The molecule has 0 spiro atoms. The number of aromatic nitrogens is 4. The summed E-state index contributed by atoms with van der Waals surface area (Å²) in [6.45, 7) is 0.384. The van der Waals surface area contributed by atoms with Crippen LogP contribution in [0, 0.1) is 0 Å². The minimum atomic E-state index is -0.0116. The third kappa shape index (κ3) is 4.08. The molecule has 0 aliphatic rings. The zero-order valence-electron chi connectivity index (χ0n) is 17.6. The SMILES string of the molecule is COc1ccc(OC)c(Nc2nc(N(C)CCO)nc3c2cnn3-c2ccccc2)c1. The highest BCUT2D eigenvalue weighted by Crippen LogP contribution is 2.34. The molecule has 0 aliphatic heterocycles. The average molecular weight is 420 g/mol. The lowest BCUT2D eigenvalue weighted by molar-refractivity contribution is 0.303. The molecule has 0 saturated carbocycles. The summed E-state index contributed by atoms with van der Waals surface area (Å²) in [6.07, 6.45) is 1.73. The van der Waals surface area contributed by atoms with E-state index in [4.69, 9.17) is 19.4 Å². The number of fused-ring (bicyclic) bond motifs is 1. The fourth-order valence-electron chi connectivity index (χ4n) is 3.21. The standard InChI is InChI=1S/C22H24N6O3/c1-27(11-12-29)22-25-20(24-18-13-16(30-2)9-10-19(18)31-3)17-14-23-28(21(17)26-22)15-7-5-4-6-8-15/h4-10,13-14,29H,11-12H2,1-3H3,(H,24,25,26). The quantitative estimate of drug-likeness (QED) is 0.449. The maximum absolute atomic E-state index is 9.37. The van der Waals surface area contributed by atoms with Crippen LogP contribution < -0.4 is 19.7 Å². The van der Waals surface area contributed by atoms with Gasteiger partial charge in [-0.25, -0.2) is 4.68 Å². The molecular formula is C22H24N6O3. The van der Waals surface area contributed by atoms with Crippen LogP contribution in [0.4, 0.5) is 17.5 Å². The van der Waals surface area contributed by atoms with Crippen LogP contribution in [0.3, 0.4) is 0 Å². The number of benzene rings is 2. The number of likely N-dealkylation sites (N-methyl/N-ethyl adjacent to an activating group) is 1. The van der Waals surface area contributed by atoms with E-state index in [0.717, 1.165) is 11.1 Å². The average Bonchev–Trinajstić information content (AvgIpc) is 3.24. The molecule has 0 radical (unpaired) electrons. The van der Waals surface area contributed by atoms with Gasteiger partial charge in [-0.2, -0.15) is 15.1 Å². The van der Waals surface area contributed by atoms with Crippen molar-refractivity contribution in [2.45, 2.75) is 0 Å². The van der Waals surface area contributed by atoms with Gasteiger partial charge in [-0.3, -0.25) is 0 Å². The van der Waals surface area contributed by atoms with Crippen LogP contribution in [0.1, 0.15) is 0 Å². The zero-order valence-corrected chi connectivity index (χ0v) is 17.6. The lowest BCUT2D eigenvalue weighted by Gasteiger charge is -2.18. The van der Waals surface area contributed by atoms with Gasteiger partial charge >= 0.3 is 0 Å². The summed E-state index contributed by atoms with van der Waals surface area (Å²) in [5.41, 5.74) is 2.23. The summed E-state index contributed by atoms with van der Waals surface area (Å²) >= 11 is 0. The Morgan fingerprint density at radius 1 is 1.06 bits per heavy atom. The van der Waals surface area contributed by atoms with E-state index in [9.17, 15) is 5.11 Å². The maximum Gasteiger partial charge on any atom is 0.229 e. The number of aliphatic hydroxyl groups excluding tert-OH is 1. The van der Waals surface area contributed by atoms with E-state index in [1.807, 2.05) is 55.6 Å². The number of para-hydroxylation sites is 1. The van der Waals surface area contributed by atoms with E-state index < -0.39 is 0 Å². The summed E-state index contributed by atoms with van der Waals surface area (Å²) in [6, 6.07) is 15.3. The maximum atomic E-state index is 9.37. The third-order valence-electron chi connectivity index (χ3n) is 4.85. The molecule has 2 aromatic heterocycles. The third-order valence-corrected chi connectivity index (χ3v) is 4.85. The van der Waals surface area contributed by atoms with Crippen LogP contribution in [-0.2, 0) is 0 Å². The number of ether oxygens (including phenoxy) is 2. The Morgan fingerprint density at radius 2 is 1.87 bits per heavy atom. The Labute approximate surface area is 179 Å². The van der Waals surface area contributed by atoms with Crippen molar-refractivity contribution in [2.75, 3.05) is 44.6 Å². The molecule has 31 heavy (non-hydrogen) atoms. The lowest BCUT2D eigenvalue weighted by atomic mass is 10.2. The first-order valence-electron chi connectivity index (χ1n) is 9.77. The van der Waals surface area contributed by atoms with Gasteiger partial charge in [0.1, 0.15) is 17.3 Å². The minimum Gasteiger partial charge on any atom is -0.497 e. The van der Waals surface area contributed by atoms with E-state index in [1.54, 1.807) is 30.0 Å². The van der Waals surface area contributed by atoms with Crippen molar-refractivity contribution in [1.82, 2.24) is 19.7 Å². The molecule has 0 bridgehead atoms. The van der Waals surface area contributed by atoms with Crippen molar-refractivity contribution in [2.24, 2.45) is 0 Å². The molecule has 2 N–H and O–H groups in total. The van der Waals surface area contributed by atoms with Crippen molar-refractivity contribution in [3.05, 3.63) is 54.7 Å². The smallest absolute Gasteiger partial charge is 0.229 e. The van der Waals surface area contributed by atoms with E-state index in [1.165, 1.54) is 0 Å². The second kappa shape index (κ2) is 8.88. The van der Waals surface area contributed by atoms with Crippen LogP contribution in [-0.4, -0.2) is 59.3 Å². The first kappa shape index (κ1) is 20.4. The molecule has 0 atom stereocenters. The minimum absolute atomic E-state index is 0.0116. The summed E-state index contributed by atoms with van der Waals surface area (Å²) in [7, 11) is 5.05. The molecular weight excluding hydrogens is 396 g/mol. The van der Waals surface area contributed by atoms with Gasteiger partial charge in [-0.1, -0.05) is 18.2 Å². The largest absolute Gasteiger partial charge is 0.497 e. The number of anilines is 3. The van der Waals surface area contributed by atoms with Crippen LogP contribution in [0.15, 0.2) is 54.7 Å². The Hall–Kier alpha value is -3.85. The summed E-state index contributed by atoms with van der Waals surface area (Å²) < 4.78 is 12.6. The molecule has 4 rings (SSSR count). The van der Waals surface area contributed by atoms with E-state index in [-0.39, 0.29) is 6.61 Å². The highest BCUT2D eigenvalue weighted by Gasteiger charge is 2.17. The fraction of sp³-hybridized carbons (Fsp3) is 0.227. The van der Waals surface area contributed by atoms with Gasteiger partial charge in [-0.15, -0.1) is 0 Å². The number of nitrogens with one attached hydrogen (secondary N) is 1. The molecule has 0 unspecified atom stereocenters. The molecule has 0 saturated heterocycles. The topological polar surface area (TPSA) is 97.6 Å². The molecule has 2 aromatic carbocycles. The van der Waals surface area contributed by atoms with Crippen molar-refractivity contribution in [3.8, 4) is 17.2 Å². The number of nitrogens with zero attached hydrogens (tertiary/aromatic N) is 5. The molecule has 4 aromatic rings. The van der Waals surface area contributed by atoms with E-state index in [0.29, 0.717) is 41.1 Å². The van der Waals surface area contributed by atoms with Gasteiger partial charge in [0.2, 0.25) is 5.95 Å². The summed E-state index contributed by atoms with van der Waals surface area (Å²) in [4.78, 5) is 11.2. The first-order valence-corrected chi connectivity index (χ1v) is 9.77. The van der Waals surface area contributed by atoms with Gasteiger partial charge in [0, 0.05) is 19.7 Å². The summed E-state index contributed by atoms with van der Waals surface area (Å²) in [5.74, 6) is 2.36. The number of hydrogen-bond donors (Lipinski definition) is 2. The van der Waals surface area contributed by atoms with Gasteiger partial charge in [0.25, 0.3) is 0 Å². The second-order valence-corrected chi connectivity index (χ2v) is 6.84. The molecule has 9 heteroatoms. The van der Waals surface area contributed by atoms with Crippen LogP contribution >= 0.6 is 0 Å². The number of rotatable bonds is 8. The van der Waals surface area contributed by atoms with Gasteiger partial charge in [-0.05, 0) is 24.3 Å². The highest BCUT2D eigenvalue weighted by molar-refractivity contribution is 5.91. The predicted molar refractivity (Wildman–Crippen MR) is 120 cm³/mol. The van der Waals surface area contributed by atoms with Crippen molar-refractivity contribution < 1.29 is 14.6 Å². The Morgan fingerprint density at radius 3 is 2.58 bits per heavy atom. The zero-order chi connectivity index (χ0) is 21.8. The van der Waals surface area contributed by atoms with Gasteiger partial charge < -0.3 is 24.8 Å². The first-order chi connectivity index (χ1) is 15.1. The Balaban J connectivity index is 1.87. The van der Waals surface area contributed by atoms with E-state index >= 15 is 0 Å². The number of methoxy groups -OCH3 is 2. The van der Waals surface area contributed by atoms with Crippen LogP contribution in [0.5, 0.6) is 11.5 Å². The highest BCUT2D eigenvalue weighted by atomic mass is 16.5. The number of aliphatic hydroxyl groups is 1. The second-order valence-electron chi connectivity index (χ2n) is 6.84.